The summed E-state index contributed by atoms with van der Waals surface area (Å²) >= 11 is 3.34. The molecule has 158 valence electrons. The second kappa shape index (κ2) is 8.69. The van der Waals surface area contributed by atoms with Gasteiger partial charge in [0, 0.05) is 18.6 Å². The topological polar surface area (TPSA) is 63.4 Å². The maximum Gasteiger partial charge on any atom is 0.235 e. The lowest BCUT2D eigenvalue weighted by molar-refractivity contribution is 0.489. The summed E-state index contributed by atoms with van der Waals surface area (Å²) in [6.07, 6.45) is 0. The summed E-state index contributed by atoms with van der Waals surface area (Å²) in [6, 6.07) is 26.1. The zero-order valence-corrected chi connectivity index (χ0v) is 19.5. The predicted octanol–water partition coefficient (Wildman–Crippen LogP) is 5.52. The smallest absolute Gasteiger partial charge is 0.235 e. The fourth-order valence-electron chi connectivity index (χ4n) is 3.39. The van der Waals surface area contributed by atoms with Crippen molar-refractivity contribution in [1.29, 1.82) is 0 Å². The van der Waals surface area contributed by atoms with E-state index in [0.717, 1.165) is 15.6 Å². The largest absolute Gasteiger partial charge is 0.423 e. The van der Waals surface area contributed by atoms with Crippen molar-refractivity contribution in [1.82, 2.24) is 4.98 Å². The lowest BCUT2D eigenvalue weighted by Crippen LogP contribution is -2.13. The van der Waals surface area contributed by atoms with Crippen LogP contribution in [0.25, 0.3) is 0 Å². The van der Waals surface area contributed by atoms with Crippen LogP contribution in [0.5, 0.6) is 0 Å². The maximum atomic E-state index is 13.4. The Morgan fingerprint density at radius 2 is 1.35 bits per heavy atom. The van der Waals surface area contributed by atoms with E-state index in [1.165, 1.54) is 0 Å². The zero-order chi connectivity index (χ0) is 22.0. The molecule has 0 fully saturated rings. The van der Waals surface area contributed by atoms with Crippen LogP contribution >= 0.6 is 15.9 Å². The van der Waals surface area contributed by atoms with Gasteiger partial charge in [-0.3, -0.25) is 0 Å². The minimum Gasteiger partial charge on any atom is -0.423 e. The molecule has 0 amide bonds. The first kappa shape index (κ1) is 21.3. The van der Waals surface area contributed by atoms with Gasteiger partial charge in [0.1, 0.15) is 0 Å². The molecule has 0 atom stereocenters. The molecule has 1 aromatic heterocycles. The van der Waals surface area contributed by atoms with Crippen molar-refractivity contribution in [3.8, 4) is 0 Å². The van der Waals surface area contributed by atoms with Crippen LogP contribution in [-0.2, 0) is 9.84 Å². The van der Waals surface area contributed by atoms with Gasteiger partial charge < -0.3 is 9.32 Å². The number of rotatable bonds is 6. The number of halogens is 1. The first-order valence-corrected chi connectivity index (χ1v) is 11.9. The molecule has 0 bridgehead atoms. The number of benzene rings is 3. The molecule has 4 rings (SSSR count). The molecule has 5 nitrogen and oxygen atoms in total. The summed E-state index contributed by atoms with van der Waals surface area (Å²) < 4.78 is 33.7. The standard InChI is InChI=1S/C24H21BrN2O3S/c1-27(2)24-23(31(28,29)20-15-13-19(25)14-16-20)26-22(30-24)21(17-9-5-3-6-10-17)18-11-7-4-8-12-18/h3-16,21H,1-2H3. The summed E-state index contributed by atoms with van der Waals surface area (Å²) in [5.41, 5.74) is 1.93. The summed E-state index contributed by atoms with van der Waals surface area (Å²) in [5.74, 6) is 0.196. The SMILES string of the molecule is CN(C)c1oc(C(c2ccccc2)c2ccccc2)nc1S(=O)(=O)c1ccc(Br)cc1. The Hall–Kier alpha value is -2.90. The lowest BCUT2D eigenvalue weighted by atomic mass is 9.91. The third-order valence-electron chi connectivity index (χ3n) is 4.89. The van der Waals surface area contributed by atoms with Crippen molar-refractivity contribution >= 4 is 31.7 Å². The van der Waals surface area contributed by atoms with Crippen LogP contribution in [0.2, 0.25) is 0 Å². The van der Waals surface area contributed by atoms with E-state index in [2.05, 4.69) is 20.9 Å². The number of hydrogen-bond acceptors (Lipinski definition) is 5. The summed E-state index contributed by atoms with van der Waals surface area (Å²) in [6.45, 7) is 0. The van der Waals surface area contributed by atoms with Crippen LogP contribution < -0.4 is 4.90 Å². The molecule has 0 aliphatic carbocycles. The average Bonchev–Trinajstić information content (AvgIpc) is 3.22. The minimum atomic E-state index is -3.88. The number of hydrogen-bond donors (Lipinski definition) is 0. The van der Waals surface area contributed by atoms with Crippen molar-refractivity contribution in [2.24, 2.45) is 0 Å². The molecule has 0 aliphatic rings. The Kier molecular flexibility index (Phi) is 5.98. The van der Waals surface area contributed by atoms with Gasteiger partial charge in [-0.25, -0.2) is 8.42 Å². The molecule has 1 heterocycles. The molecule has 0 unspecified atom stereocenters. The normalized spacial score (nSPS) is 11.6. The van der Waals surface area contributed by atoms with Gasteiger partial charge in [-0.2, -0.15) is 4.98 Å². The number of sulfone groups is 1. The summed E-state index contributed by atoms with van der Waals surface area (Å²) in [7, 11) is -0.394. The minimum absolute atomic E-state index is 0.0910. The van der Waals surface area contributed by atoms with E-state index in [-0.39, 0.29) is 21.7 Å². The average molecular weight is 497 g/mol. The second-order valence-electron chi connectivity index (χ2n) is 7.27. The number of oxazole rings is 1. The molecule has 0 radical (unpaired) electrons. The highest BCUT2D eigenvalue weighted by Crippen LogP contribution is 2.37. The Bertz CT molecular complexity index is 1230. The van der Waals surface area contributed by atoms with Crippen LogP contribution in [0, 0.1) is 0 Å². The second-order valence-corrected chi connectivity index (χ2v) is 10.0. The van der Waals surface area contributed by atoms with E-state index in [1.807, 2.05) is 60.7 Å². The Morgan fingerprint density at radius 3 is 1.84 bits per heavy atom. The third kappa shape index (κ3) is 4.29. The first-order chi connectivity index (χ1) is 14.9. The monoisotopic (exact) mass is 496 g/mol. The Morgan fingerprint density at radius 1 is 0.839 bits per heavy atom. The van der Waals surface area contributed by atoms with Crippen molar-refractivity contribution in [3.05, 3.63) is 106 Å². The van der Waals surface area contributed by atoms with Gasteiger partial charge in [0.05, 0.1) is 10.8 Å². The highest BCUT2D eigenvalue weighted by atomic mass is 79.9. The van der Waals surface area contributed by atoms with Crippen molar-refractivity contribution in [3.63, 3.8) is 0 Å². The molecule has 0 saturated heterocycles. The van der Waals surface area contributed by atoms with Crippen LogP contribution in [0.3, 0.4) is 0 Å². The van der Waals surface area contributed by atoms with Crippen molar-refractivity contribution in [2.45, 2.75) is 15.8 Å². The predicted molar refractivity (Wildman–Crippen MR) is 124 cm³/mol. The fraction of sp³-hybridized carbons (Fsp3) is 0.125. The van der Waals surface area contributed by atoms with Crippen LogP contribution in [0.4, 0.5) is 5.88 Å². The number of nitrogens with zero attached hydrogens (tertiary/aromatic N) is 2. The summed E-state index contributed by atoms with van der Waals surface area (Å²) in [4.78, 5) is 6.34. The van der Waals surface area contributed by atoms with Crippen molar-refractivity contribution in [2.75, 3.05) is 19.0 Å². The Balaban J connectivity index is 1.90. The zero-order valence-electron chi connectivity index (χ0n) is 17.1. The van der Waals surface area contributed by atoms with Gasteiger partial charge in [0.25, 0.3) is 0 Å². The van der Waals surface area contributed by atoms with Gasteiger partial charge in [-0.1, -0.05) is 76.6 Å². The van der Waals surface area contributed by atoms with Gasteiger partial charge in [0.15, 0.2) is 0 Å². The van der Waals surface area contributed by atoms with Gasteiger partial charge in [-0.05, 0) is 35.4 Å². The van der Waals surface area contributed by atoms with Gasteiger partial charge in [0.2, 0.25) is 26.6 Å². The van der Waals surface area contributed by atoms with E-state index in [1.54, 1.807) is 43.3 Å². The molecule has 0 saturated carbocycles. The van der Waals surface area contributed by atoms with Crippen LogP contribution in [-0.4, -0.2) is 27.5 Å². The molecule has 0 N–H and O–H groups in total. The molecule has 31 heavy (non-hydrogen) atoms. The van der Waals surface area contributed by atoms with Gasteiger partial charge >= 0.3 is 0 Å². The van der Waals surface area contributed by atoms with Crippen LogP contribution in [0.15, 0.2) is 104 Å². The molecule has 7 heteroatoms. The van der Waals surface area contributed by atoms with E-state index in [9.17, 15) is 8.42 Å². The maximum absolute atomic E-state index is 13.4. The number of aromatic nitrogens is 1. The van der Waals surface area contributed by atoms with E-state index >= 15 is 0 Å². The fourth-order valence-corrected chi connectivity index (χ4v) is 5.03. The summed E-state index contributed by atoms with van der Waals surface area (Å²) in [5, 5.41) is -0.0910. The third-order valence-corrected chi connectivity index (χ3v) is 7.09. The highest BCUT2D eigenvalue weighted by molar-refractivity contribution is 9.10. The molecule has 3 aromatic carbocycles. The molecule has 0 spiro atoms. The van der Waals surface area contributed by atoms with E-state index < -0.39 is 9.84 Å². The first-order valence-electron chi connectivity index (χ1n) is 9.66. The lowest BCUT2D eigenvalue weighted by Gasteiger charge is -2.15. The van der Waals surface area contributed by atoms with Crippen molar-refractivity contribution < 1.29 is 12.8 Å². The van der Waals surface area contributed by atoms with E-state index in [4.69, 9.17) is 4.42 Å². The molecular formula is C24H21BrN2O3S. The van der Waals surface area contributed by atoms with Gasteiger partial charge in [-0.15, -0.1) is 0 Å². The molecule has 0 aliphatic heterocycles. The quantitative estimate of drug-likeness (QED) is 0.351. The molecular weight excluding hydrogens is 476 g/mol. The van der Waals surface area contributed by atoms with E-state index in [0.29, 0.717) is 5.89 Å². The highest BCUT2D eigenvalue weighted by Gasteiger charge is 2.32. The molecule has 4 aromatic rings. The number of anilines is 1. The van der Waals surface area contributed by atoms with Crippen LogP contribution in [0.1, 0.15) is 22.9 Å². The Labute approximate surface area is 190 Å².